The van der Waals surface area contributed by atoms with Crippen molar-refractivity contribution >= 4 is 34.2 Å². The molecule has 0 aliphatic rings. The minimum Gasteiger partial charge on any atom is -0.380 e. The van der Waals surface area contributed by atoms with E-state index in [0.29, 0.717) is 5.56 Å². The molecule has 0 unspecified atom stereocenters. The van der Waals surface area contributed by atoms with Gasteiger partial charge in [0.2, 0.25) is 0 Å². The summed E-state index contributed by atoms with van der Waals surface area (Å²) < 4.78 is 13.0. The highest BCUT2D eigenvalue weighted by atomic mass is 35.5. The van der Waals surface area contributed by atoms with Crippen LogP contribution in [0.4, 0.5) is 4.39 Å². The minimum absolute atomic E-state index is 0.0810. The lowest BCUT2D eigenvalue weighted by molar-refractivity contribution is 0.0518. The highest BCUT2D eigenvalue weighted by molar-refractivity contribution is 6.34. The SMILES string of the molecule is N/C(=N/OC(=O)c1cccc2ccccc12)c1ccc(F)cc1Cl. The molecule has 0 aliphatic carbocycles. The van der Waals surface area contributed by atoms with Crippen LogP contribution < -0.4 is 5.73 Å². The Balaban J connectivity index is 1.86. The number of halogens is 2. The average molecular weight is 343 g/mol. The van der Waals surface area contributed by atoms with Crippen molar-refractivity contribution < 1.29 is 14.0 Å². The predicted octanol–water partition coefficient (Wildman–Crippen LogP) is 4.11. The molecular formula is C18H12ClFN2O2. The first-order valence-electron chi connectivity index (χ1n) is 7.04. The van der Waals surface area contributed by atoms with Crippen LogP contribution in [0.3, 0.4) is 0 Å². The van der Waals surface area contributed by atoms with Gasteiger partial charge in [-0.2, -0.15) is 0 Å². The molecule has 3 rings (SSSR count). The number of rotatable bonds is 3. The fourth-order valence-corrected chi connectivity index (χ4v) is 2.55. The second kappa shape index (κ2) is 6.68. The molecule has 4 nitrogen and oxygen atoms in total. The summed E-state index contributed by atoms with van der Waals surface area (Å²) in [6, 6.07) is 16.4. The summed E-state index contributed by atoms with van der Waals surface area (Å²) in [6.45, 7) is 0. The number of benzene rings is 3. The standard InChI is InChI=1S/C18H12ClFN2O2/c19-16-10-12(20)8-9-15(16)17(21)22-24-18(23)14-7-3-5-11-4-1-2-6-13(11)14/h1-10H,(H2,21,22). The molecule has 0 spiro atoms. The number of fused-ring (bicyclic) bond motifs is 1. The third kappa shape index (κ3) is 3.21. The fourth-order valence-electron chi connectivity index (χ4n) is 2.29. The Morgan fingerprint density at radius 2 is 1.79 bits per heavy atom. The molecule has 0 fully saturated rings. The molecule has 24 heavy (non-hydrogen) atoms. The molecule has 0 saturated heterocycles. The Bertz CT molecular complexity index is 951. The van der Waals surface area contributed by atoms with Crippen LogP contribution in [0.5, 0.6) is 0 Å². The van der Waals surface area contributed by atoms with Crippen molar-refractivity contribution in [2.24, 2.45) is 10.9 Å². The Labute approximate surface area is 142 Å². The molecule has 0 radical (unpaired) electrons. The summed E-state index contributed by atoms with van der Waals surface area (Å²) in [7, 11) is 0. The van der Waals surface area contributed by atoms with Gasteiger partial charge >= 0.3 is 5.97 Å². The summed E-state index contributed by atoms with van der Waals surface area (Å²) in [5.41, 5.74) is 6.40. The zero-order valence-corrected chi connectivity index (χ0v) is 13.1. The number of oxime groups is 1. The lowest BCUT2D eigenvalue weighted by Gasteiger charge is -2.05. The highest BCUT2D eigenvalue weighted by Gasteiger charge is 2.13. The molecule has 2 N–H and O–H groups in total. The van der Waals surface area contributed by atoms with Gasteiger partial charge < -0.3 is 10.6 Å². The van der Waals surface area contributed by atoms with Gasteiger partial charge in [-0.1, -0.05) is 53.2 Å². The smallest absolute Gasteiger partial charge is 0.366 e. The largest absolute Gasteiger partial charge is 0.380 e. The van der Waals surface area contributed by atoms with E-state index < -0.39 is 11.8 Å². The molecule has 0 amide bonds. The van der Waals surface area contributed by atoms with Crippen LogP contribution in [-0.2, 0) is 4.84 Å². The molecule has 0 bridgehead atoms. The van der Waals surface area contributed by atoms with Gasteiger partial charge in [-0.25, -0.2) is 9.18 Å². The first-order valence-corrected chi connectivity index (χ1v) is 7.42. The second-order valence-electron chi connectivity index (χ2n) is 5.01. The van der Waals surface area contributed by atoms with Gasteiger partial charge in [0.15, 0.2) is 5.84 Å². The van der Waals surface area contributed by atoms with E-state index >= 15 is 0 Å². The summed E-state index contributed by atoms with van der Waals surface area (Å²) in [6.07, 6.45) is 0. The monoisotopic (exact) mass is 342 g/mol. The number of amidine groups is 1. The van der Waals surface area contributed by atoms with Crippen LogP contribution in [0.15, 0.2) is 65.8 Å². The molecular weight excluding hydrogens is 331 g/mol. The van der Waals surface area contributed by atoms with Crippen molar-refractivity contribution in [3.05, 3.63) is 82.6 Å². The number of carbonyl (C=O) groups excluding carboxylic acids is 1. The molecule has 3 aromatic rings. The molecule has 0 heterocycles. The number of carbonyl (C=O) groups is 1. The van der Waals surface area contributed by atoms with Crippen LogP contribution in [-0.4, -0.2) is 11.8 Å². The number of nitrogens with zero attached hydrogens (tertiary/aromatic N) is 1. The molecule has 3 aromatic carbocycles. The third-order valence-electron chi connectivity index (χ3n) is 3.44. The van der Waals surface area contributed by atoms with E-state index in [2.05, 4.69) is 5.16 Å². The van der Waals surface area contributed by atoms with E-state index in [1.54, 1.807) is 12.1 Å². The van der Waals surface area contributed by atoms with Gasteiger partial charge in [0, 0.05) is 5.56 Å². The Hall–Kier alpha value is -2.92. The average Bonchev–Trinajstić information content (AvgIpc) is 2.59. The lowest BCUT2D eigenvalue weighted by atomic mass is 10.1. The molecule has 120 valence electrons. The maximum atomic E-state index is 13.0. The summed E-state index contributed by atoms with van der Waals surface area (Å²) in [5, 5.41) is 5.34. The first-order chi connectivity index (χ1) is 11.6. The van der Waals surface area contributed by atoms with Crippen molar-refractivity contribution in [3.63, 3.8) is 0 Å². The summed E-state index contributed by atoms with van der Waals surface area (Å²) in [4.78, 5) is 17.2. The normalized spacial score (nSPS) is 11.5. The predicted molar refractivity (Wildman–Crippen MR) is 91.5 cm³/mol. The van der Waals surface area contributed by atoms with Gasteiger partial charge in [-0.3, -0.25) is 0 Å². The Morgan fingerprint density at radius 3 is 2.58 bits per heavy atom. The van der Waals surface area contributed by atoms with Crippen LogP contribution >= 0.6 is 11.6 Å². The van der Waals surface area contributed by atoms with E-state index in [9.17, 15) is 9.18 Å². The molecule has 6 heteroatoms. The van der Waals surface area contributed by atoms with Crippen LogP contribution in [0.1, 0.15) is 15.9 Å². The summed E-state index contributed by atoms with van der Waals surface area (Å²) in [5.74, 6) is -1.26. The van der Waals surface area contributed by atoms with Gasteiger partial charge in [-0.15, -0.1) is 0 Å². The Morgan fingerprint density at radius 1 is 1.04 bits per heavy atom. The number of hydrogen-bond acceptors (Lipinski definition) is 3. The van der Waals surface area contributed by atoms with Crippen molar-refractivity contribution in [1.29, 1.82) is 0 Å². The molecule has 0 aromatic heterocycles. The Kier molecular flexibility index (Phi) is 4.44. The van der Waals surface area contributed by atoms with Crippen LogP contribution in [0, 0.1) is 5.82 Å². The maximum Gasteiger partial charge on any atom is 0.366 e. The highest BCUT2D eigenvalue weighted by Crippen LogP contribution is 2.20. The van der Waals surface area contributed by atoms with E-state index in [0.717, 1.165) is 16.8 Å². The van der Waals surface area contributed by atoms with Crippen molar-refractivity contribution in [3.8, 4) is 0 Å². The topological polar surface area (TPSA) is 64.7 Å². The van der Waals surface area contributed by atoms with Crippen LogP contribution in [0.2, 0.25) is 5.02 Å². The number of hydrogen-bond donors (Lipinski definition) is 1. The summed E-state index contributed by atoms with van der Waals surface area (Å²) >= 11 is 5.89. The number of nitrogens with two attached hydrogens (primary N) is 1. The van der Waals surface area contributed by atoms with Gasteiger partial charge in [-0.05, 0) is 35.0 Å². The van der Waals surface area contributed by atoms with E-state index in [4.69, 9.17) is 22.2 Å². The van der Waals surface area contributed by atoms with Gasteiger partial charge in [0.05, 0.1) is 10.6 Å². The molecule has 0 atom stereocenters. The van der Waals surface area contributed by atoms with E-state index in [-0.39, 0.29) is 16.4 Å². The van der Waals surface area contributed by atoms with E-state index in [1.165, 1.54) is 12.1 Å². The fraction of sp³-hybridized carbons (Fsp3) is 0. The second-order valence-corrected chi connectivity index (χ2v) is 5.41. The quantitative estimate of drug-likeness (QED) is 0.337. The molecule has 0 aliphatic heterocycles. The van der Waals surface area contributed by atoms with Crippen molar-refractivity contribution in [2.45, 2.75) is 0 Å². The van der Waals surface area contributed by atoms with Crippen LogP contribution in [0.25, 0.3) is 10.8 Å². The molecule has 0 saturated carbocycles. The maximum absolute atomic E-state index is 13.0. The van der Waals surface area contributed by atoms with Gasteiger partial charge in [0.1, 0.15) is 5.82 Å². The zero-order chi connectivity index (χ0) is 17.1. The van der Waals surface area contributed by atoms with E-state index in [1.807, 2.05) is 30.3 Å². The van der Waals surface area contributed by atoms with Crippen molar-refractivity contribution in [2.75, 3.05) is 0 Å². The first kappa shape index (κ1) is 16.0. The van der Waals surface area contributed by atoms with Crippen molar-refractivity contribution in [1.82, 2.24) is 0 Å². The van der Waals surface area contributed by atoms with Gasteiger partial charge in [0.25, 0.3) is 0 Å². The third-order valence-corrected chi connectivity index (χ3v) is 3.76. The zero-order valence-electron chi connectivity index (χ0n) is 12.4. The lowest BCUT2D eigenvalue weighted by Crippen LogP contribution is -2.16. The minimum atomic E-state index is -0.645.